The minimum absolute atomic E-state index is 0.0121. The molecule has 1 heterocycles. The van der Waals surface area contributed by atoms with Gasteiger partial charge in [-0.05, 0) is 18.1 Å². The first-order valence-electron chi connectivity index (χ1n) is 6.28. The number of nitrogens with one attached hydrogen (secondary N) is 2. The third-order valence-electron chi connectivity index (χ3n) is 2.24. The van der Waals surface area contributed by atoms with Crippen LogP contribution in [0.3, 0.4) is 0 Å². The van der Waals surface area contributed by atoms with Crippen molar-refractivity contribution in [1.82, 2.24) is 15.6 Å². The quantitative estimate of drug-likeness (QED) is 0.684. The molecule has 114 valence electrons. The van der Waals surface area contributed by atoms with E-state index in [4.69, 9.17) is 5.11 Å². The Labute approximate surface area is 126 Å². The van der Waals surface area contributed by atoms with Crippen LogP contribution in [0.15, 0.2) is 23.2 Å². The maximum absolute atomic E-state index is 11.6. The fraction of sp³-hybridized carbons (Fsp3) is 0.385. The Hall–Kier alpha value is -2.09. The molecule has 0 aromatic carbocycles. The zero-order chi connectivity index (χ0) is 15.8. The van der Waals surface area contributed by atoms with Gasteiger partial charge in [-0.1, -0.05) is 13.8 Å². The van der Waals surface area contributed by atoms with Crippen LogP contribution in [0, 0.1) is 5.92 Å². The number of hydrogen-bond acceptors (Lipinski definition) is 5. The van der Waals surface area contributed by atoms with E-state index < -0.39 is 17.9 Å². The van der Waals surface area contributed by atoms with Gasteiger partial charge in [0.1, 0.15) is 5.69 Å². The van der Waals surface area contributed by atoms with Crippen LogP contribution in [0.2, 0.25) is 0 Å². The minimum Gasteiger partial charge on any atom is -0.477 e. The second-order valence-corrected chi connectivity index (χ2v) is 5.67. The van der Waals surface area contributed by atoms with Crippen molar-refractivity contribution in [3.8, 4) is 0 Å². The number of urea groups is 1. The Morgan fingerprint density at radius 2 is 2.10 bits per heavy atom. The molecule has 1 aromatic rings. The second-order valence-electron chi connectivity index (χ2n) is 4.62. The van der Waals surface area contributed by atoms with Gasteiger partial charge in [-0.15, -0.1) is 11.8 Å². The molecule has 0 saturated heterocycles. The number of carbonyl (C=O) groups excluding carboxylic acids is 2. The van der Waals surface area contributed by atoms with E-state index in [9.17, 15) is 14.4 Å². The van der Waals surface area contributed by atoms with Crippen LogP contribution in [0.25, 0.3) is 0 Å². The van der Waals surface area contributed by atoms with E-state index in [1.807, 2.05) is 13.8 Å². The van der Waals surface area contributed by atoms with Crippen molar-refractivity contribution < 1.29 is 19.5 Å². The van der Waals surface area contributed by atoms with E-state index in [0.717, 1.165) is 11.8 Å². The number of imide groups is 1. The van der Waals surface area contributed by atoms with E-state index in [1.165, 1.54) is 12.3 Å². The lowest BCUT2D eigenvalue weighted by molar-refractivity contribution is -0.117. The molecule has 0 fully saturated rings. The first-order chi connectivity index (χ1) is 9.88. The normalized spacial score (nSPS) is 10.2. The predicted octanol–water partition coefficient (Wildman–Crippen LogP) is 1.35. The maximum Gasteiger partial charge on any atom is 0.354 e. The number of pyridine rings is 1. The second kappa shape index (κ2) is 8.25. The standard InChI is InChI=1S/C13H17N3O4S/c1-8(2)6-15-13(20)16-11(17)7-21-9-3-4-14-10(5-9)12(18)19/h3-5,8H,6-7H2,1-2H3,(H,18,19)(H2,15,16,17,20). The number of carboxylic acid groups (broad SMARTS) is 1. The Balaban J connectivity index is 2.41. The first kappa shape index (κ1) is 17.0. The van der Waals surface area contributed by atoms with Gasteiger partial charge in [0.05, 0.1) is 5.75 Å². The highest BCUT2D eigenvalue weighted by atomic mass is 32.2. The van der Waals surface area contributed by atoms with Crippen molar-refractivity contribution in [3.05, 3.63) is 24.0 Å². The average molecular weight is 311 g/mol. The van der Waals surface area contributed by atoms with Crippen molar-refractivity contribution in [1.29, 1.82) is 0 Å². The molecule has 1 rings (SSSR count). The minimum atomic E-state index is -1.13. The molecular formula is C13H17N3O4S. The lowest BCUT2D eigenvalue weighted by Gasteiger charge is -2.08. The van der Waals surface area contributed by atoms with Gasteiger partial charge in [-0.25, -0.2) is 14.6 Å². The summed E-state index contributed by atoms with van der Waals surface area (Å²) in [5, 5.41) is 13.6. The third-order valence-corrected chi connectivity index (χ3v) is 3.24. The maximum atomic E-state index is 11.6. The lowest BCUT2D eigenvalue weighted by Crippen LogP contribution is -2.41. The molecular weight excluding hydrogens is 294 g/mol. The highest BCUT2D eigenvalue weighted by molar-refractivity contribution is 8.00. The fourth-order valence-corrected chi connectivity index (χ4v) is 1.99. The summed E-state index contributed by atoms with van der Waals surface area (Å²) in [7, 11) is 0. The number of amides is 3. The van der Waals surface area contributed by atoms with Gasteiger partial charge in [0.2, 0.25) is 5.91 Å². The predicted molar refractivity (Wildman–Crippen MR) is 78.3 cm³/mol. The van der Waals surface area contributed by atoms with E-state index in [2.05, 4.69) is 15.6 Å². The largest absolute Gasteiger partial charge is 0.477 e. The number of carbonyl (C=O) groups is 3. The molecule has 21 heavy (non-hydrogen) atoms. The van der Waals surface area contributed by atoms with Crippen LogP contribution in [0.4, 0.5) is 4.79 Å². The highest BCUT2D eigenvalue weighted by Gasteiger charge is 2.10. The first-order valence-corrected chi connectivity index (χ1v) is 7.27. The molecule has 8 heteroatoms. The van der Waals surface area contributed by atoms with E-state index in [0.29, 0.717) is 17.4 Å². The van der Waals surface area contributed by atoms with Crippen molar-refractivity contribution in [3.63, 3.8) is 0 Å². The zero-order valence-corrected chi connectivity index (χ0v) is 12.6. The summed E-state index contributed by atoms with van der Waals surface area (Å²) in [5.41, 5.74) is -0.0879. The molecule has 0 aliphatic rings. The topological polar surface area (TPSA) is 108 Å². The molecule has 3 amide bonds. The zero-order valence-electron chi connectivity index (χ0n) is 11.8. The molecule has 0 atom stereocenters. The summed E-state index contributed by atoms with van der Waals surface area (Å²) >= 11 is 1.13. The molecule has 7 nitrogen and oxygen atoms in total. The van der Waals surface area contributed by atoms with Crippen LogP contribution in [-0.4, -0.2) is 40.3 Å². The summed E-state index contributed by atoms with van der Waals surface area (Å²) < 4.78 is 0. The number of hydrogen-bond donors (Lipinski definition) is 3. The summed E-state index contributed by atoms with van der Waals surface area (Å²) in [4.78, 5) is 38.0. The lowest BCUT2D eigenvalue weighted by atomic mass is 10.2. The number of aromatic nitrogens is 1. The third kappa shape index (κ3) is 6.75. The van der Waals surface area contributed by atoms with Gasteiger partial charge in [0.25, 0.3) is 0 Å². The summed E-state index contributed by atoms with van der Waals surface area (Å²) in [6.45, 7) is 4.38. The molecule has 1 aromatic heterocycles. The molecule has 0 radical (unpaired) electrons. The number of carboxylic acids is 1. The van der Waals surface area contributed by atoms with Gasteiger partial charge in [0, 0.05) is 17.6 Å². The Bertz CT molecular complexity index is 534. The van der Waals surface area contributed by atoms with Gasteiger partial charge < -0.3 is 10.4 Å². The van der Waals surface area contributed by atoms with Crippen LogP contribution in [0.1, 0.15) is 24.3 Å². The Morgan fingerprint density at radius 3 is 2.71 bits per heavy atom. The van der Waals surface area contributed by atoms with Gasteiger partial charge in [-0.2, -0.15) is 0 Å². The molecule has 0 aliphatic heterocycles. The number of nitrogens with zero attached hydrogens (tertiary/aromatic N) is 1. The average Bonchev–Trinajstić information content (AvgIpc) is 2.43. The Morgan fingerprint density at radius 1 is 1.38 bits per heavy atom. The van der Waals surface area contributed by atoms with E-state index in [-0.39, 0.29) is 11.4 Å². The number of thioether (sulfide) groups is 1. The number of aromatic carboxylic acids is 1. The van der Waals surface area contributed by atoms with Crippen molar-refractivity contribution >= 4 is 29.7 Å². The van der Waals surface area contributed by atoms with Crippen molar-refractivity contribution in [2.45, 2.75) is 18.7 Å². The van der Waals surface area contributed by atoms with Crippen LogP contribution in [-0.2, 0) is 4.79 Å². The fourth-order valence-electron chi connectivity index (χ4n) is 1.27. The summed E-state index contributed by atoms with van der Waals surface area (Å²) in [6.07, 6.45) is 1.36. The van der Waals surface area contributed by atoms with Crippen molar-refractivity contribution in [2.75, 3.05) is 12.3 Å². The van der Waals surface area contributed by atoms with Crippen LogP contribution in [0.5, 0.6) is 0 Å². The molecule has 0 aliphatic carbocycles. The molecule has 0 saturated carbocycles. The van der Waals surface area contributed by atoms with Gasteiger partial charge in [-0.3, -0.25) is 10.1 Å². The molecule has 0 bridgehead atoms. The SMILES string of the molecule is CC(C)CNC(=O)NC(=O)CSc1ccnc(C(=O)O)c1. The highest BCUT2D eigenvalue weighted by Crippen LogP contribution is 2.17. The van der Waals surface area contributed by atoms with Crippen LogP contribution >= 0.6 is 11.8 Å². The molecule has 0 unspecified atom stereocenters. The Kier molecular flexibility index (Phi) is 6.67. The van der Waals surface area contributed by atoms with Gasteiger partial charge in [0.15, 0.2) is 0 Å². The van der Waals surface area contributed by atoms with Crippen LogP contribution < -0.4 is 10.6 Å². The number of rotatable bonds is 6. The summed E-state index contributed by atoms with van der Waals surface area (Å²) in [6, 6.07) is 2.44. The van der Waals surface area contributed by atoms with Crippen molar-refractivity contribution in [2.24, 2.45) is 5.92 Å². The van der Waals surface area contributed by atoms with Gasteiger partial charge >= 0.3 is 12.0 Å². The molecule has 0 spiro atoms. The summed E-state index contributed by atoms with van der Waals surface area (Å²) in [5.74, 6) is -1.27. The molecule has 3 N–H and O–H groups in total. The monoisotopic (exact) mass is 311 g/mol. The van der Waals surface area contributed by atoms with E-state index >= 15 is 0 Å². The van der Waals surface area contributed by atoms with E-state index in [1.54, 1.807) is 6.07 Å². The smallest absolute Gasteiger partial charge is 0.354 e.